The van der Waals surface area contributed by atoms with Crippen LogP contribution in [0, 0.1) is 0 Å². The minimum atomic E-state index is 0.825. The molecule has 2 aromatic heterocycles. The fourth-order valence-electron chi connectivity index (χ4n) is 1.60. The molecule has 2 rings (SSSR count). The first-order chi connectivity index (χ1) is 8.28. The highest BCUT2D eigenvalue weighted by molar-refractivity contribution is 4.96. The first-order valence-corrected chi connectivity index (χ1v) is 5.84. The number of aryl methyl sites for hydroxylation is 3. The van der Waals surface area contributed by atoms with Gasteiger partial charge in [-0.15, -0.1) is 0 Å². The molecule has 2 heterocycles. The summed E-state index contributed by atoms with van der Waals surface area (Å²) in [5.74, 6) is 0.870. The molecule has 1 N–H and O–H groups in total. The maximum atomic E-state index is 4.33. The van der Waals surface area contributed by atoms with Crippen LogP contribution in [-0.2, 0) is 26.6 Å². The summed E-state index contributed by atoms with van der Waals surface area (Å²) in [6.45, 7) is 4.74. The second-order valence-corrected chi connectivity index (χ2v) is 3.97. The van der Waals surface area contributed by atoms with Gasteiger partial charge in [0, 0.05) is 32.8 Å². The Bertz CT molecular complexity index is 458. The van der Waals surface area contributed by atoms with Gasteiger partial charge in [-0.05, 0) is 6.54 Å². The number of imidazole rings is 1. The molecular weight excluding hydrogens is 216 g/mol. The lowest BCUT2D eigenvalue weighted by molar-refractivity contribution is 0.656. The molecule has 2 aromatic rings. The van der Waals surface area contributed by atoms with Gasteiger partial charge in [-0.2, -0.15) is 5.10 Å². The molecule has 0 saturated heterocycles. The summed E-state index contributed by atoms with van der Waals surface area (Å²) in [7, 11) is 1.88. The van der Waals surface area contributed by atoms with E-state index >= 15 is 0 Å². The highest BCUT2D eigenvalue weighted by Gasteiger charge is 2.01. The Morgan fingerprint density at radius 3 is 2.88 bits per heavy atom. The van der Waals surface area contributed by atoms with Crippen molar-refractivity contribution in [1.29, 1.82) is 0 Å². The second-order valence-electron chi connectivity index (χ2n) is 3.97. The number of nitrogens with one attached hydrogen (secondary N) is 1. The quantitative estimate of drug-likeness (QED) is 0.784. The van der Waals surface area contributed by atoms with E-state index in [1.165, 1.54) is 0 Å². The zero-order valence-electron chi connectivity index (χ0n) is 10.3. The maximum absolute atomic E-state index is 4.33. The predicted octanol–water partition coefficient (Wildman–Crippen LogP) is 0.364. The molecule has 0 spiro atoms. The van der Waals surface area contributed by atoms with Gasteiger partial charge in [-0.3, -0.25) is 4.68 Å². The molecule has 0 saturated carbocycles. The van der Waals surface area contributed by atoms with Gasteiger partial charge in [-0.1, -0.05) is 6.92 Å². The lowest BCUT2D eigenvalue weighted by Crippen LogP contribution is -2.11. The first-order valence-electron chi connectivity index (χ1n) is 5.84. The van der Waals surface area contributed by atoms with Gasteiger partial charge in [0.15, 0.2) is 5.82 Å². The summed E-state index contributed by atoms with van der Waals surface area (Å²) in [4.78, 5) is 8.52. The highest BCUT2D eigenvalue weighted by atomic mass is 15.3. The van der Waals surface area contributed by atoms with Crippen molar-refractivity contribution in [2.75, 3.05) is 6.54 Å². The van der Waals surface area contributed by atoms with Crippen LogP contribution in [0.2, 0.25) is 0 Å². The topological polar surface area (TPSA) is 60.6 Å². The van der Waals surface area contributed by atoms with E-state index in [1.54, 1.807) is 11.0 Å². The maximum Gasteiger partial charge on any atom is 0.152 e. The van der Waals surface area contributed by atoms with E-state index in [9.17, 15) is 0 Å². The first kappa shape index (κ1) is 11.8. The molecule has 0 bridgehead atoms. The Kier molecular flexibility index (Phi) is 3.87. The van der Waals surface area contributed by atoms with Crippen LogP contribution in [0.15, 0.2) is 18.9 Å². The number of hydrogen-bond acceptors (Lipinski definition) is 4. The summed E-state index contributed by atoms with van der Waals surface area (Å²) in [6, 6.07) is 0. The average Bonchev–Trinajstić information content (AvgIpc) is 2.93. The van der Waals surface area contributed by atoms with Crippen LogP contribution in [0.25, 0.3) is 0 Å². The molecule has 0 aliphatic heterocycles. The van der Waals surface area contributed by atoms with Gasteiger partial charge in [0.2, 0.25) is 0 Å². The van der Waals surface area contributed by atoms with Crippen LogP contribution in [0.5, 0.6) is 0 Å². The van der Waals surface area contributed by atoms with Crippen LogP contribution >= 0.6 is 0 Å². The largest absolute Gasteiger partial charge is 0.337 e. The molecule has 0 aliphatic carbocycles. The third-order valence-electron chi connectivity index (χ3n) is 2.48. The smallest absolute Gasteiger partial charge is 0.152 e. The Morgan fingerprint density at radius 1 is 1.29 bits per heavy atom. The molecule has 0 aliphatic rings. The van der Waals surface area contributed by atoms with Crippen molar-refractivity contribution in [2.45, 2.75) is 26.4 Å². The molecule has 0 atom stereocenters. The molecule has 0 radical (unpaired) electrons. The normalized spacial score (nSPS) is 10.9. The third-order valence-corrected chi connectivity index (χ3v) is 2.48. The average molecular weight is 234 g/mol. The van der Waals surface area contributed by atoms with Crippen molar-refractivity contribution < 1.29 is 0 Å². The molecule has 17 heavy (non-hydrogen) atoms. The van der Waals surface area contributed by atoms with E-state index in [2.05, 4.69) is 38.1 Å². The SMILES string of the molecule is CCNCc1cn(CCc2ncn(C)n2)cn1. The fourth-order valence-corrected chi connectivity index (χ4v) is 1.60. The molecule has 6 heteroatoms. The number of nitrogens with zero attached hydrogens (tertiary/aromatic N) is 5. The number of hydrogen-bond donors (Lipinski definition) is 1. The zero-order valence-corrected chi connectivity index (χ0v) is 10.3. The van der Waals surface area contributed by atoms with Gasteiger partial charge < -0.3 is 9.88 Å². The van der Waals surface area contributed by atoms with E-state index in [0.29, 0.717) is 0 Å². The highest BCUT2D eigenvalue weighted by Crippen LogP contribution is 1.99. The zero-order chi connectivity index (χ0) is 12.1. The minimum absolute atomic E-state index is 0.825. The number of rotatable bonds is 6. The molecule has 6 nitrogen and oxygen atoms in total. The van der Waals surface area contributed by atoms with Crippen molar-refractivity contribution in [3.8, 4) is 0 Å². The van der Waals surface area contributed by atoms with Crippen molar-refractivity contribution in [3.05, 3.63) is 30.4 Å². The van der Waals surface area contributed by atoms with Crippen LogP contribution < -0.4 is 5.32 Å². The number of aromatic nitrogens is 5. The molecule has 0 amide bonds. The van der Waals surface area contributed by atoms with E-state index in [1.807, 2.05) is 13.4 Å². The van der Waals surface area contributed by atoms with Gasteiger partial charge in [0.1, 0.15) is 6.33 Å². The predicted molar refractivity (Wildman–Crippen MR) is 64.3 cm³/mol. The van der Waals surface area contributed by atoms with Crippen LogP contribution in [0.1, 0.15) is 18.4 Å². The lowest BCUT2D eigenvalue weighted by atomic mass is 10.4. The summed E-state index contributed by atoms with van der Waals surface area (Å²) in [5.41, 5.74) is 1.07. The second kappa shape index (κ2) is 5.58. The van der Waals surface area contributed by atoms with Gasteiger partial charge in [0.05, 0.1) is 12.0 Å². The van der Waals surface area contributed by atoms with Crippen LogP contribution in [-0.4, -0.2) is 30.9 Å². The van der Waals surface area contributed by atoms with Crippen LogP contribution in [0.3, 0.4) is 0 Å². The summed E-state index contributed by atoms with van der Waals surface area (Å²) < 4.78 is 3.79. The molecule has 92 valence electrons. The van der Waals surface area contributed by atoms with Crippen LogP contribution in [0.4, 0.5) is 0 Å². The fraction of sp³-hybridized carbons (Fsp3) is 0.545. The van der Waals surface area contributed by atoms with Crippen molar-refractivity contribution in [1.82, 2.24) is 29.6 Å². The van der Waals surface area contributed by atoms with Crippen molar-refractivity contribution in [3.63, 3.8) is 0 Å². The summed E-state index contributed by atoms with van der Waals surface area (Å²) >= 11 is 0. The molecule has 0 unspecified atom stereocenters. The Morgan fingerprint density at radius 2 is 2.18 bits per heavy atom. The van der Waals surface area contributed by atoms with Gasteiger partial charge in [-0.25, -0.2) is 9.97 Å². The van der Waals surface area contributed by atoms with E-state index < -0.39 is 0 Å². The Hall–Kier alpha value is -1.69. The molecule has 0 fully saturated rings. The molecular formula is C11H18N6. The van der Waals surface area contributed by atoms with Crippen molar-refractivity contribution >= 4 is 0 Å². The Balaban J connectivity index is 1.84. The van der Waals surface area contributed by atoms with Gasteiger partial charge >= 0.3 is 0 Å². The lowest BCUT2D eigenvalue weighted by Gasteiger charge is -1.98. The van der Waals surface area contributed by atoms with Gasteiger partial charge in [0.25, 0.3) is 0 Å². The van der Waals surface area contributed by atoms with E-state index in [-0.39, 0.29) is 0 Å². The Labute approximate surface area is 101 Å². The monoisotopic (exact) mass is 234 g/mol. The standard InChI is InChI=1S/C11H18N6/c1-3-12-6-10-7-17(9-13-10)5-4-11-14-8-16(2)15-11/h7-9,12H,3-6H2,1-2H3. The third kappa shape index (κ3) is 3.39. The van der Waals surface area contributed by atoms with E-state index in [0.717, 1.165) is 37.6 Å². The van der Waals surface area contributed by atoms with E-state index in [4.69, 9.17) is 0 Å². The molecule has 0 aromatic carbocycles. The summed E-state index contributed by atoms with van der Waals surface area (Å²) in [5, 5.41) is 7.49. The minimum Gasteiger partial charge on any atom is -0.337 e. The van der Waals surface area contributed by atoms with Crippen molar-refractivity contribution in [2.24, 2.45) is 7.05 Å². The summed E-state index contributed by atoms with van der Waals surface area (Å²) in [6.07, 6.45) is 6.47.